The molecule has 2 fully saturated rings. The number of fused-ring (bicyclic) bond motifs is 1. The summed E-state index contributed by atoms with van der Waals surface area (Å²) in [6.07, 6.45) is 9.39. The minimum atomic E-state index is -0.720. The second-order valence-corrected chi connectivity index (χ2v) is 10.2. The Morgan fingerprint density at radius 3 is 2.59 bits per heavy atom. The summed E-state index contributed by atoms with van der Waals surface area (Å²) in [6.45, 7) is 10.7. The number of hydrogen-bond donors (Lipinski definition) is 2. The molecule has 1 aliphatic heterocycles. The lowest BCUT2D eigenvalue weighted by atomic mass is 9.79. The Labute approximate surface area is 217 Å². The molecule has 37 heavy (non-hydrogen) atoms. The number of ether oxygens (including phenoxy) is 2. The fourth-order valence-corrected chi connectivity index (χ4v) is 5.27. The van der Waals surface area contributed by atoms with Gasteiger partial charge in [-0.3, -0.25) is 9.59 Å². The van der Waals surface area contributed by atoms with Crippen molar-refractivity contribution in [1.29, 1.82) is 0 Å². The number of carboxylic acid groups (broad SMARTS) is 1. The van der Waals surface area contributed by atoms with Crippen LogP contribution in [0.25, 0.3) is 10.9 Å². The predicted octanol–water partition coefficient (Wildman–Crippen LogP) is 4.89. The monoisotopic (exact) mass is 508 g/mol. The van der Waals surface area contributed by atoms with E-state index in [1.165, 1.54) is 6.92 Å². The Balaban J connectivity index is 1.83. The van der Waals surface area contributed by atoms with Crippen molar-refractivity contribution in [3.05, 3.63) is 47.9 Å². The van der Waals surface area contributed by atoms with Gasteiger partial charge in [0.05, 0.1) is 23.7 Å². The standard InChI is InChI=1S/C28H36N4O5/c1-17(2)12-26(30-18(3)28(36-5)10-11-37-16-28)32-15-23(20-6-8-21(9-7-20)27(34)35)22-14-29-25(13-24(22)32)31-19(4)33/h12-15,20-21H,3,6-11,16H2,1-2,4-5H3,(H,34,35)(H,29,31,33)/b30-26+/t20?,21?,28-/m0/s1. The maximum absolute atomic E-state index is 11.7. The fraction of sp³-hybridized carbons (Fsp3) is 0.500. The van der Waals surface area contributed by atoms with Crippen LogP contribution < -0.4 is 5.32 Å². The molecule has 0 aromatic carbocycles. The Morgan fingerprint density at radius 2 is 2.03 bits per heavy atom. The SMILES string of the molecule is C=C(/N=C(\C=C(C)C)n1cc(C2CCC(C(=O)O)CC2)c2cnc(NC(C)=O)cc21)[C@]1(OC)CCOC1. The molecule has 9 nitrogen and oxygen atoms in total. The van der Waals surface area contributed by atoms with Crippen molar-refractivity contribution < 1.29 is 24.2 Å². The summed E-state index contributed by atoms with van der Waals surface area (Å²) in [6, 6.07) is 1.85. The number of nitrogens with zero attached hydrogens (tertiary/aromatic N) is 3. The van der Waals surface area contributed by atoms with Crippen LogP contribution in [0.15, 0.2) is 47.4 Å². The number of pyridine rings is 1. The van der Waals surface area contributed by atoms with Gasteiger partial charge in [0.25, 0.3) is 0 Å². The van der Waals surface area contributed by atoms with Crippen molar-refractivity contribution in [2.75, 3.05) is 25.6 Å². The van der Waals surface area contributed by atoms with E-state index in [9.17, 15) is 14.7 Å². The quantitative estimate of drug-likeness (QED) is 0.407. The molecule has 198 valence electrons. The molecular formula is C28H36N4O5. The van der Waals surface area contributed by atoms with Crippen LogP contribution in [0, 0.1) is 5.92 Å². The molecule has 2 aromatic heterocycles. The highest BCUT2D eigenvalue weighted by molar-refractivity contribution is 6.04. The first-order valence-corrected chi connectivity index (χ1v) is 12.7. The molecule has 2 aliphatic rings. The average molecular weight is 509 g/mol. The van der Waals surface area contributed by atoms with Gasteiger partial charge in [0.15, 0.2) is 0 Å². The first-order valence-electron chi connectivity index (χ1n) is 12.7. The van der Waals surface area contributed by atoms with E-state index in [2.05, 4.69) is 23.1 Å². The van der Waals surface area contributed by atoms with E-state index < -0.39 is 11.6 Å². The molecule has 4 rings (SSSR count). The Kier molecular flexibility index (Phi) is 7.94. The number of rotatable bonds is 7. The smallest absolute Gasteiger partial charge is 0.306 e. The van der Waals surface area contributed by atoms with E-state index in [4.69, 9.17) is 14.5 Å². The van der Waals surface area contributed by atoms with Gasteiger partial charge in [-0.05, 0) is 57.1 Å². The number of allylic oxidation sites excluding steroid dienone is 2. The van der Waals surface area contributed by atoms with Crippen LogP contribution in [0.4, 0.5) is 5.82 Å². The maximum atomic E-state index is 11.7. The van der Waals surface area contributed by atoms with Crippen LogP contribution in [0.3, 0.4) is 0 Å². The molecule has 2 aromatic rings. The Hall–Kier alpha value is -3.30. The first-order chi connectivity index (χ1) is 17.6. The minimum Gasteiger partial charge on any atom is -0.481 e. The number of aliphatic carboxylic acids is 1. The maximum Gasteiger partial charge on any atom is 0.306 e. The number of carboxylic acids is 1. The van der Waals surface area contributed by atoms with Crippen LogP contribution in [0.2, 0.25) is 0 Å². The van der Waals surface area contributed by atoms with Crippen molar-refractivity contribution in [3.8, 4) is 0 Å². The first kappa shape index (κ1) is 26.8. The van der Waals surface area contributed by atoms with Crippen LogP contribution in [-0.2, 0) is 19.1 Å². The van der Waals surface area contributed by atoms with Crippen molar-refractivity contribution in [2.45, 2.75) is 64.4 Å². The molecule has 2 N–H and O–H groups in total. The van der Waals surface area contributed by atoms with Crippen molar-refractivity contribution in [1.82, 2.24) is 9.55 Å². The van der Waals surface area contributed by atoms with Crippen LogP contribution >= 0.6 is 0 Å². The summed E-state index contributed by atoms with van der Waals surface area (Å²) in [5, 5.41) is 13.2. The molecule has 1 saturated heterocycles. The lowest BCUT2D eigenvalue weighted by Gasteiger charge is -2.26. The molecule has 1 saturated carbocycles. The predicted molar refractivity (Wildman–Crippen MR) is 143 cm³/mol. The lowest BCUT2D eigenvalue weighted by molar-refractivity contribution is -0.142. The van der Waals surface area contributed by atoms with Crippen LogP contribution in [0.1, 0.15) is 64.4 Å². The normalized spacial score (nSPS) is 24.2. The number of amides is 1. The van der Waals surface area contributed by atoms with Gasteiger partial charge in [-0.2, -0.15) is 0 Å². The van der Waals surface area contributed by atoms with E-state index in [0.29, 0.717) is 49.8 Å². The number of methoxy groups -OCH3 is 1. The van der Waals surface area contributed by atoms with E-state index in [1.54, 1.807) is 13.3 Å². The molecular weight excluding hydrogens is 472 g/mol. The third kappa shape index (κ3) is 5.67. The van der Waals surface area contributed by atoms with E-state index in [0.717, 1.165) is 34.9 Å². The average Bonchev–Trinajstić information content (AvgIpc) is 3.49. The van der Waals surface area contributed by atoms with Crippen molar-refractivity contribution in [2.24, 2.45) is 10.9 Å². The molecule has 9 heteroatoms. The zero-order chi connectivity index (χ0) is 26.7. The molecule has 0 spiro atoms. The van der Waals surface area contributed by atoms with Gasteiger partial charge in [-0.25, -0.2) is 9.98 Å². The summed E-state index contributed by atoms with van der Waals surface area (Å²) in [4.78, 5) is 32.7. The Bertz CT molecular complexity index is 1260. The van der Waals surface area contributed by atoms with Crippen LogP contribution in [0.5, 0.6) is 0 Å². The van der Waals surface area contributed by atoms with Crippen LogP contribution in [-0.4, -0.2) is 58.3 Å². The molecule has 3 heterocycles. The highest BCUT2D eigenvalue weighted by Crippen LogP contribution is 2.40. The van der Waals surface area contributed by atoms with Gasteiger partial charge < -0.3 is 24.5 Å². The molecule has 1 atom stereocenters. The zero-order valence-electron chi connectivity index (χ0n) is 22.0. The molecule has 0 unspecified atom stereocenters. The number of aromatic nitrogens is 2. The number of nitrogens with one attached hydrogen (secondary N) is 1. The number of anilines is 1. The third-order valence-electron chi connectivity index (χ3n) is 7.36. The van der Waals surface area contributed by atoms with Gasteiger partial charge in [0.1, 0.15) is 17.3 Å². The summed E-state index contributed by atoms with van der Waals surface area (Å²) in [7, 11) is 1.65. The highest BCUT2D eigenvalue weighted by atomic mass is 16.5. The lowest BCUT2D eigenvalue weighted by Crippen LogP contribution is -2.33. The third-order valence-corrected chi connectivity index (χ3v) is 7.36. The van der Waals surface area contributed by atoms with Crippen molar-refractivity contribution in [3.63, 3.8) is 0 Å². The van der Waals surface area contributed by atoms with Gasteiger partial charge in [-0.15, -0.1) is 0 Å². The van der Waals surface area contributed by atoms with Crippen molar-refractivity contribution >= 4 is 34.4 Å². The van der Waals surface area contributed by atoms with Gasteiger partial charge in [0, 0.05) is 50.9 Å². The second kappa shape index (κ2) is 11.0. The molecule has 0 bridgehead atoms. The zero-order valence-corrected chi connectivity index (χ0v) is 22.0. The van der Waals surface area contributed by atoms with E-state index in [-0.39, 0.29) is 17.7 Å². The number of hydrogen-bond acceptors (Lipinski definition) is 6. The molecule has 1 amide bonds. The summed E-state index contributed by atoms with van der Waals surface area (Å²) >= 11 is 0. The topological polar surface area (TPSA) is 115 Å². The minimum absolute atomic E-state index is 0.202. The summed E-state index contributed by atoms with van der Waals surface area (Å²) in [5.41, 5.74) is 2.92. The highest BCUT2D eigenvalue weighted by Gasteiger charge is 2.38. The van der Waals surface area contributed by atoms with Gasteiger partial charge >= 0.3 is 5.97 Å². The molecule has 1 aliphatic carbocycles. The second-order valence-electron chi connectivity index (χ2n) is 10.2. The summed E-state index contributed by atoms with van der Waals surface area (Å²) < 4.78 is 13.4. The Morgan fingerprint density at radius 1 is 1.30 bits per heavy atom. The van der Waals surface area contributed by atoms with Gasteiger partial charge in [-0.1, -0.05) is 12.2 Å². The number of carbonyl (C=O) groups is 2. The van der Waals surface area contributed by atoms with E-state index in [1.807, 2.05) is 30.6 Å². The number of carbonyl (C=O) groups excluding carboxylic acids is 1. The van der Waals surface area contributed by atoms with Gasteiger partial charge in [0.2, 0.25) is 5.91 Å². The van der Waals surface area contributed by atoms with E-state index >= 15 is 0 Å². The molecule has 0 radical (unpaired) electrons. The largest absolute Gasteiger partial charge is 0.481 e. The number of aliphatic imine (C=N–C) groups is 1. The fourth-order valence-electron chi connectivity index (χ4n) is 5.27. The summed E-state index contributed by atoms with van der Waals surface area (Å²) in [5.74, 6) is 0.114.